The molecule has 1 aromatic rings. The first-order chi connectivity index (χ1) is 6.34. The number of ether oxygens (including phenoxy) is 1. The molecule has 1 aromatic heterocycles. The van der Waals surface area contributed by atoms with Crippen molar-refractivity contribution in [3.8, 4) is 0 Å². The monoisotopic (exact) mass is 199 g/mol. The number of hydrogen-bond donors (Lipinski definition) is 0. The van der Waals surface area contributed by atoms with Gasteiger partial charge in [0, 0.05) is 12.4 Å². The van der Waals surface area contributed by atoms with Gasteiger partial charge in [-0.05, 0) is 19.8 Å². The molecule has 0 N–H and O–H groups in total. The highest BCUT2D eigenvalue weighted by atomic mass is 32.2. The molecule has 2 heterocycles. The van der Waals surface area contributed by atoms with E-state index in [0.29, 0.717) is 6.10 Å². The summed E-state index contributed by atoms with van der Waals surface area (Å²) in [5.41, 5.74) is 0.940. The predicted molar refractivity (Wildman–Crippen MR) is 50.9 cm³/mol. The van der Waals surface area contributed by atoms with Gasteiger partial charge in [0.05, 0.1) is 11.8 Å². The van der Waals surface area contributed by atoms with Gasteiger partial charge in [-0.2, -0.15) is 0 Å². The molecule has 2 rings (SSSR count). The van der Waals surface area contributed by atoms with Gasteiger partial charge in [-0.3, -0.25) is 0 Å². The van der Waals surface area contributed by atoms with Crippen molar-refractivity contribution in [3.05, 3.63) is 12.0 Å². The fourth-order valence-electron chi connectivity index (χ4n) is 1.34. The Hall–Kier alpha value is -0.480. The molecule has 0 bridgehead atoms. The van der Waals surface area contributed by atoms with Crippen molar-refractivity contribution in [2.24, 2.45) is 0 Å². The fourth-order valence-corrected chi connectivity index (χ4v) is 2.25. The van der Waals surface area contributed by atoms with Crippen LogP contribution in [0, 0.1) is 6.92 Å². The normalized spacial score (nSPS) is 22.4. The number of oxazole rings is 1. The van der Waals surface area contributed by atoms with E-state index in [1.54, 1.807) is 18.0 Å². The minimum absolute atomic E-state index is 0.400. The first-order valence-electron chi connectivity index (χ1n) is 4.51. The Morgan fingerprint density at radius 1 is 1.69 bits per heavy atom. The van der Waals surface area contributed by atoms with E-state index in [4.69, 9.17) is 9.15 Å². The van der Waals surface area contributed by atoms with Crippen LogP contribution >= 0.6 is 11.8 Å². The van der Waals surface area contributed by atoms with Crippen molar-refractivity contribution in [2.45, 2.75) is 31.1 Å². The van der Waals surface area contributed by atoms with Crippen LogP contribution in [0.3, 0.4) is 0 Å². The highest BCUT2D eigenvalue weighted by molar-refractivity contribution is 7.99. The lowest BCUT2D eigenvalue weighted by Crippen LogP contribution is -2.07. The number of aryl methyl sites for hydroxylation is 1. The second kappa shape index (κ2) is 4.15. The second-order valence-corrected chi connectivity index (χ2v) is 4.17. The maximum absolute atomic E-state index is 5.49. The molecule has 1 aliphatic rings. The Morgan fingerprint density at radius 3 is 3.23 bits per heavy atom. The Labute approximate surface area is 81.9 Å². The molecule has 1 atom stereocenters. The van der Waals surface area contributed by atoms with E-state index in [9.17, 15) is 0 Å². The zero-order valence-corrected chi connectivity index (χ0v) is 8.47. The lowest BCUT2D eigenvalue weighted by molar-refractivity contribution is 0.128. The van der Waals surface area contributed by atoms with Gasteiger partial charge < -0.3 is 9.15 Å². The number of thioether (sulfide) groups is 1. The predicted octanol–water partition coefficient (Wildman–Crippen LogP) is 2.25. The number of hydrogen-bond acceptors (Lipinski definition) is 4. The van der Waals surface area contributed by atoms with Gasteiger partial charge in [-0.1, -0.05) is 11.8 Å². The summed E-state index contributed by atoms with van der Waals surface area (Å²) in [5, 5.41) is 0.757. The third kappa shape index (κ3) is 2.48. The van der Waals surface area contributed by atoms with Crippen LogP contribution in [-0.4, -0.2) is 23.4 Å². The molecule has 1 fully saturated rings. The molecule has 1 saturated heterocycles. The van der Waals surface area contributed by atoms with Crippen LogP contribution in [0.15, 0.2) is 15.9 Å². The lowest BCUT2D eigenvalue weighted by atomic mass is 10.3. The van der Waals surface area contributed by atoms with Crippen molar-refractivity contribution in [1.82, 2.24) is 4.98 Å². The molecule has 1 aliphatic heterocycles. The number of nitrogens with zero attached hydrogens (tertiary/aromatic N) is 1. The fraction of sp³-hybridized carbons (Fsp3) is 0.667. The Balaban J connectivity index is 1.78. The molecule has 0 aromatic carbocycles. The van der Waals surface area contributed by atoms with Gasteiger partial charge in [0.15, 0.2) is 0 Å². The van der Waals surface area contributed by atoms with Crippen LogP contribution in [0.4, 0.5) is 0 Å². The van der Waals surface area contributed by atoms with Crippen molar-refractivity contribution in [1.29, 1.82) is 0 Å². The van der Waals surface area contributed by atoms with Gasteiger partial charge in [0.1, 0.15) is 6.26 Å². The number of aromatic nitrogens is 1. The Morgan fingerprint density at radius 2 is 2.62 bits per heavy atom. The molecular formula is C9H13NO2S. The SMILES string of the molecule is Cc1coc(SCC2CCCO2)n1. The van der Waals surface area contributed by atoms with Crippen LogP contribution in [-0.2, 0) is 4.74 Å². The van der Waals surface area contributed by atoms with Crippen LogP contribution in [0.1, 0.15) is 18.5 Å². The van der Waals surface area contributed by atoms with Crippen LogP contribution in [0.5, 0.6) is 0 Å². The molecule has 13 heavy (non-hydrogen) atoms. The average Bonchev–Trinajstić information content (AvgIpc) is 2.71. The van der Waals surface area contributed by atoms with E-state index in [-0.39, 0.29) is 0 Å². The largest absolute Gasteiger partial charge is 0.440 e. The summed E-state index contributed by atoms with van der Waals surface area (Å²) in [6.45, 7) is 2.84. The van der Waals surface area contributed by atoms with E-state index in [2.05, 4.69) is 4.98 Å². The van der Waals surface area contributed by atoms with Gasteiger partial charge >= 0.3 is 0 Å². The highest BCUT2D eigenvalue weighted by Crippen LogP contribution is 2.22. The molecule has 1 unspecified atom stereocenters. The smallest absolute Gasteiger partial charge is 0.255 e. The summed E-state index contributed by atoms with van der Waals surface area (Å²) in [6, 6.07) is 0. The highest BCUT2D eigenvalue weighted by Gasteiger charge is 2.16. The Bertz CT molecular complexity index is 268. The minimum Gasteiger partial charge on any atom is -0.440 e. The van der Waals surface area contributed by atoms with Crippen molar-refractivity contribution in [3.63, 3.8) is 0 Å². The summed E-state index contributed by atoms with van der Waals surface area (Å²) in [7, 11) is 0. The molecule has 0 amide bonds. The third-order valence-corrected chi connectivity index (χ3v) is 2.99. The van der Waals surface area contributed by atoms with Crippen LogP contribution < -0.4 is 0 Å². The summed E-state index contributed by atoms with van der Waals surface area (Å²) in [4.78, 5) is 4.21. The van der Waals surface area contributed by atoms with E-state index >= 15 is 0 Å². The zero-order valence-electron chi connectivity index (χ0n) is 7.66. The van der Waals surface area contributed by atoms with Gasteiger partial charge in [0.25, 0.3) is 5.22 Å². The van der Waals surface area contributed by atoms with Crippen LogP contribution in [0.2, 0.25) is 0 Å². The second-order valence-electron chi connectivity index (χ2n) is 3.20. The average molecular weight is 199 g/mol. The zero-order chi connectivity index (χ0) is 9.10. The summed E-state index contributed by atoms with van der Waals surface area (Å²) >= 11 is 1.64. The topological polar surface area (TPSA) is 35.3 Å². The molecule has 72 valence electrons. The molecule has 0 spiro atoms. The number of rotatable bonds is 3. The van der Waals surface area contributed by atoms with Crippen molar-refractivity contribution in [2.75, 3.05) is 12.4 Å². The Kier molecular flexibility index (Phi) is 2.90. The molecule has 0 saturated carbocycles. The summed E-state index contributed by atoms with van der Waals surface area (Å²) < 4.78 is 10.7. The van der Waals surface area contributed by atoms with Gasteiger partial charge in [-0.25, -0.2) is 4.98 Å². The van der Waals surface area contributed by atoms with E-state index in [1.165, 1.54) is 12.8 Å². The molecule has 3 nitrogen and oxygen atoms in total. The maximum atomic E-state index is 5.49. The van der Waals surface area contributed by atoms with E-state index < -0.39 is 0 Å². The first kappa shape index (κ1) is 9.09. The molecule has 0 radical (unpaired) electrons. The van der Waals surface area contributed by atoms with Crippen molar-refractivity contribution < 1.29 is 9.15 Å². The van der Waals surface area contributed by atoms with E-state index in [1.807, 2.05) is 6.92 Å². The quantitative estimate of drug-likeness (QED) is 0.699. The molecule has 0 aliphatic carbocycles. The molecule has 4 heteroatoms. The lowest BCUT2D eigenvalue weighted by Gasteiger charge is -2.05. The maximum Gasteiger partial charge on any atom is 0.255 e. The summed E-state index contributed by atoms with van der Waals surface area (Å²) in [6.07, 6.45) is 4.44. The standard InChI is InChI=1S/C9H13NO2S/c1-7-5-12-9(10-7)13-6-8-3-2-4-11-8/h5,8H,2-4,6H2,1H3. The first-order valence-corrected chi connectivity index (χ1v) is 5.49. The minimum atomic E-state index is 0.400. The van der Waals surface area contributed by atoms with Gasteiger partial charge in [-0.15, -0.1) is 0 Å². The van der Waals surface area contributed by atoms with Crippen molar-refractivity contribution >= 4 is 11.8 Å². The van der Waals surface area contributed by atoms with Gasteiger partial charge in [0.2, 0.25) is 0 Å². The summed E-state index contributed by atoms with van der Waals surface area (Å²) in [5.74, 6) is 0.958. The third-order valence-electron chi connectivity index (χ3n) is 2.01. The molecular weight excluding hydrogens is 186 g/mol. The van der Waals surface area contributed by atoms with E-state index in [0.717, 1.165) is 23.3 Å². The van der Waals surface area contributed by atoms with Crippen LogP contribution in [0.25, 0.3) is 0 Å².